The van der Waals surface area contributed by atoms with Crippen molar-refractivity contribution in [3.63, 3.8) is 0 Å². The summed E-state index contributed by atoms with van der Waals surface area (Å²) in [5.74, 6) is 0.344. The van der Waals surface area contributed by atoms with E-state index in [0.29, 0.717) is 18.8 Å². The van der Waals surface area contributed by atoms with Crippen LogP contribution in [0.5, 0.6) is 0 Å². The van der Waals surface area contributed by atoms with Gasteiger partial charge in [-0.2, -0.15) is 13.2 Å². The number of hydrogen-bond donors (Lipinski definition) is 1. The molecule has 0 bridgehead atoms. The lowest BCUT2D eigenvalue weighted by Crippen LogP contribution is -2.36. The van der Waals surface area contributed by atoms with Gasteiger partial charge in [-0.3, -0.25) is 5.41 Å². The van der Waals surface area contributed by atoms with E-state index < -0.39 is 18.6 Å². The van der Waals surface area contributed by atoms with Gasteiger partial charge in [0.1, 0.15) is 0 Å². The van der Waals surface area contributed by atoms with Gasteiger partial charge >= 0.3 is 6.18 Å². The zero-order valence-corrected chi connectivity index (χ0v) is 7.49. The lowest BCUT2D eigenvalue weighted by Gasteiger charge is -2.26. The first-order valence-electron chi connectivity index (χ1n) is 4.31. The number of amidine groups is 1. The van der Waals surface area contributed by atoms with Crippen LogP contribution in [0.15, 0.2) is 0 Å². The molecule has 0 aromatic heterocycles. The van der Waals surface area contributed by atoms with Crippen molar-refractivity contribution in [1.29, 1.82) is 5.41 Å². The van der Waals surface area contributed by atoms with Gasteiger partial charge in [-0.25, -0.2) is 0 Å². The summed E-state index contributed by atoms with van der Waals surface area (Å²) in [6, 6.07) is -0.588. The molecule has 2 nitrogen and oxygen atoms in total. The summed E-state index contributed by atoms with van der Waals surface area (Å²) in [6.45, 7) is 2.11. The van der Waals surface area contributed by atoms with Crippen LogP contribution in [0.4, 0.5) is 13.2 Å². The number of nitrogens with zero attached hydrogens (tertiary/aromatic N) is 1. The lowest BCUT2D eigenvalue weighted by molar-refractivity contribution is -0.142. The molecule has 0 aliphatic carbocycles. The van der Waals surface area contributed by atoms with Crippen LogP contribution in [0.2, 0.25) is 0 Å². The summed E-state index contributed by atoms with van der Waals surface area (Å²) < 4.78 is 36.0. The molecule has 0 saturated carbocycles. The summed E-state index contributed by atoms with van der Waals surface area (Å²) in [6.07, 6.45) is -3.53. The smallest absolute Gasteiger partial charge is 0.357 e. The Morgan fingerprint density at radius 2 is 2.15 bits per heavy atom. The van der Waals surface area contributed by atoms with E-state index in [-0.39, 0.29) is 0 Å². The molecule has 1 aliphatic heterocycles. The molecule has 1 heterocycles. The third-order valence-corrected chi connectivity index (χ3v) is 2.22. The maximum Gasteiger partial charge on any atom is 0.391 e. The Morgan fingerprint density at radius 3 is 2.54 bits per heavy atom. The Morgan fingerprint density at radius 1 is 1.54 bits per heavy atom. The van der Waals surface area contributed by atoms with E-state index in [4.69, 9.17) is 5.41 Å². The van der Waals surface area contributed by atoms with Crippen molar-refractivity contribution >= 4 is 5.84 Å². The second-order valence-electron chi connectivity index (χ2n) is 3.41. The van der Waals surface area contributed by atoms with E-state index in [0.717, 1.165) is 6.42 Å². The minimum absolute atomic E-state index is 0.344. The number of halogens is 3. The highest BCUT2D eigenvalue weighted by molar-refractivity contribution is 5.81. The van der Waals surface area contributed by atoms with E-state index in [1.807, 2.05) is 0 Å². The van der Waals surface area contributed by atoms with E-state index in [2.05, 4.69) is 0 Å². The topological polar surface area (TPSA) is 27.1 Å². The first-order chi connectivity index (χ1) is 5.90. The van der Waals surface area contributed by atoms with Gasteiger partial charge in [0, 0.05) is 19.0 Å². The van der Waals surface area contributed by atoms with Crippen molar-refractivity contribution in [1.82, 2.24) is 4.90 Å². The second kappa shape index (κ2) is 3.55. The Hall–Kier alpha value is -0.740. The molecular formula is C8H13F3N2. The van der Waals surface area contributed by atoms with Crippen molar-refractivity contribution in [3.8, 4) is 0 Å². The predicted octanol–water partition coefficient (Wildman–Crippen LogP) is 2.40. The monoisotopic (exact) mass is 194 g/mol. The molecule has 76 valence electrons. The molecule has 1 unspecified atom stereocenters. The van der Waals surface area contributed by atoms with Crippen molar-refractivity contribution in [2.24, 2.45) is 0 Å². The molecule has 1 N–H and O–H groups in total. The fourth-order valence-corrected chi connectivity index (χ4v) is 1.63. The number of alkyl halides is 3. The maximum atomic E-state index is 12.0. The van der Waals surface area contributed by atoms with Gasteiger partial charge in [-0.1, -0.05) is 0 Å². The van der Waals surface area contributed by atoms with E-state index in [9.17, 15) is 13.2 Å². The Bertz CT molecular complexity index is 200. The molecule has 5 heteroatoms. The van der Waals surface area contributed by atoms with Crippen LogP contribution in [0.25, 0.3) is 0 Å². The van der Waals surface area contributed by atoms with Gasteiger partial charge in [0.15, 0.2) is 0 Å². The van der Waals surface area contributed by atoms with E-state index in [1.54, 1.807) is 0 Å². The number of rotatable bonds is 2. The van der Waals surface area contributed by atoms with Crippen LogP contribution in [0.1, 0.15) is 26.2 Å². The van der Waals surface area contributed by atoms with Crippen LogP contribution in [-0.2, 0) is 0 Å². The normalized spacial score (nSPS) is 20.9. The second-order valence-corrected chi connectivity index (χ2v) is 3.41. The average Bonchev–Trinajstić information content (AvgIpc) is 2.30. The first-order valence-corrected chi connectivity index (χ1v) is 4.31. The summed E-state index contributed by atoms with van der Waals surface area (Å²) in [5, 5.41) is 7.40. The quantitative estimate of drug-likeness (QED) is 0.718. The molecule has 1 fully saturated rings. The third-order valence-electron chi connectivity index (χ3n) is 2.22. The third kappa shape index (κ3) is 2.90. The largest absolute Gasteiger partial charge is 0.391 e. The zero-order valence-electron chi connectivity index (χ0n) is 7.49. The van der Waals surface area contributed by atoms with Crippen LogP contribution >= 0.6 is 0 Å². The van der Waals surface area contributed by atoms with E-state index >= 15 is 0 Å². The number of hydrogen-bond acceptors (Lipinski definition) is 1. The Labute approximate surface area is 75.2 Å². The summed E-state index contributed by atoms with van der Waals surface area (Å²) in [5.41, 5.74) is 0. The van der Waals surface area contributed by atoms with Crippen molar-refractivity contribution < 1.29 is 13.2 Å². The number of nitrogens with one attached hydrogen (secondary N) is 1. The van der Waals surface area contributed by atoms with Crippen LogP contribution in [0, 0.1) is 5.41 Å². The highest BCUT2D eigenvalue weighted by Crippen LogP contribution is 2.26. The molecule has 1 saturated heterocycles. The molecule has 1 rings (SSSR count). The molecule has 13 heavy (non-hydrogen) atoms. The maximum absolute atomic E-state index is 12.0. The van der Waals surface area contributed by atoms with Crippen LogP contribution in [-0.4, -0.2) is 29.5 Å². The minimum atomic E-state index is -4.12. The van der Waals surface area contributed by atoms with Gasteiger partial charge in [-0.05, 0) is 13.3 Å². The lowest BCUT2D eigenvalue weighted by atomic mass is 10.2. The fourth-order valence-electron chi connectivity index (χ4n) is 1.63. The molecule has 0 amide bonds. The predicted molar refractivity (Wildman–Crippen MR) is 43.8 cm³/mol. The number of likely N-dealkylation sites (tertiary alicyclic amines) is 1. The summed E-state index contributed by atoms with van der Waals surface area (Å²) >= 11 is 0. The summed E-state index contributed by atoms with van der Waals surface area (Å²) in [7, 11) is 0. The van der Waals surface area contributed by atoms with Gasteiger partial charge < -0.3 is 4.90 Å². The highest BCUT2D eigenvalue weighted by atomic mass is 19.4. The molecular weight excluding hydrogens is 181 g/mol. The van der Waals surface area contributed by atoms with Gasteiger partial charge in [0.25, 0.3) is 0 Å². The van der Waals surface area contributed by atoms with Crippen molar-refractivity contribution in [3.05, 3.63) is 0 Å². The molecule has 1 atom stereocenters. The van der Waals surface area contributed by atoms with Gasteiger partial charge in [0.2, 0.25) is 0 Å². The average molecular weight is 194 g/mol. The van der Waals surface area contributed by atoms with Gasteiger partial charge in [-0.15, -0.1) is 0 Å². The van der Waals surface area contributed by atoms with Gasteiger partial charge in [0.05, 0.1) is 12.3 Å². The van der Waals surface area contributed by atoms with Crippen molar-refractivity contribution in [2.45, 2.75) is 38.4 Å². The Balaban J connectivity index is 2.47. The molecule has 1 aliphatic rings. The SMILES string of the molecule is CC(CC(F)(F)F)N1CCCC1=N. The van der Waals surface area contributed by atoms with Crippen LogP contribution < -0.4 is 0 Å². The highest BCUT2D eigenvalue weighted by Gasteiger charge is 2.34. The Kier molecular flexibility index (Phi) is 2.83. The van der Waals surface area contributed by atoms with Crippen molar-refractivity contribution in [2.75, 3.05) is 6.54 Å². The van der Waals surface area contributed by atoms with E-state index in [1.165, 1.54) is 11.8 Å². The molecule has 0 aromatic carbocycles. The first kappa shape index (κ1) is 10.3. The summed E-state index contributed by atoms with van der Waals surface area (Å²) in [4.78, 5) is 1.54. The standard InChI is InChI=1S/C8H13F3N2/c1-6(5-8(9,10)11)13-4-2-3-7(13)12/h6,12H,2-5H2,1H3. The van der Waals surface area contributed by atoms with Crippen LogP contribution in [0.3, 0.4) is 0 Å². The molecule has 0 aromatic rings. The fraction of sp³-hybridized carbons (Fsp3) is 0.875. The molecule has 0 radical (unpaired) electrons. The zero-order chi connectivity index (χ0) is 10.1. The minimum Gasteiger partial charge on any atom is -0.357 e. The molecule has 0 spiro atoms.